The van der Waals surface area contributed by atoms with Crippen molar-refractivity contribution in [2.75, 3.05) is 18.2 Å². The first-order chi connectivity index (χ1) is 11.8. The Morgan fingerprint density at radius 1 is 1.12 bits per heavy atom. The van der Waals surface area contributed by atoms with Gasteiger partial charge in [0.1, 0.15) is 5.75 Å². The molecule has 7 heteroatoms. The second kappa shape index (κ2) is 8.31. The third kappa shape index (κ3) is 5.72. The second-order valence-electron chi connectivity index (χ2n) is 5.62. The van der Waals surface area contributed by atoms with Crippen LogP contribution in [0.15, 0.2) is 53.4 Å². The minimum Gasteiger partial charge on any atom is -0.494 e. The van der Waals surface area contributed by atoms with Gasteiger partial charge in [0, 0.05) is 11.9 Å². The van der Waals surface area contributed by atoms with Crippen molar-refractivity contribution in [2.24, 2.45) is 0 Å². The van der Waals surface area contributed by atoms with Gasteiger partial charge in [-0.25, -0.2) is 8.42 Å². The molecule has 1 atom stereocenters. The number of sulfone groups is 1. The van der Waals surface area contributed by atoms with Crippen LogP contribution in [0.25, 0.3) is 0 Å². The van der Waals surface area contributed by atoms with E-state index in [1.54, 1.807) is 24.3 Å². The van der Waals surface area contributed by atoms with Gasteiger partial charge in [0.05, 0.1) is 17.5 Å². The molecule has 0 saturated heterocycles. The standard InChI is InChI=1S/C18H22N2O3S2/c1-4-23-16-9-7-15(8-10-16)20-18(24)19-13(2)14-5-11-17(12-6-14)25(3,21)22/h5-13H,4H2,1-3H3,(H2,19,20,24)/t13-/m0/s1. The number of hydrogen-bond acceptors (Lipinski definition) is 4. The zero-order valence-corrected chi connectivity index (χ0v) is 16.1. The summed E-state index contributed by atoms with van der Waals surface area (Å²) in [5.41, 5.74) is 1.81. The van der Waals surface area contributed by atoms with Crippen LogP contribution in [0.2, 0.25) is 0 Å². The Morgan fingerprint density at radius 2 is 1.72 bits per heavy atom. The van der Waals surface area contributed by atoms with Crippen LogP contribution in [0, 0.1) is 0 Å². The molecule has 0 aliphatic rings. The van der Waals surface area contributed by atoms with Gasteiger partial charge >= 0.3 is 0 Å². The van der Waals surface area contributed by atoms with Crippen LogP contribution < -0.4 is 15.4 Å². The smallest absolute Gasteiger partial charge is 0.175 e. The van der Waals surface area contributed by atoms with E-state index in [0.717, 1.165) is 17.0 Å². The zero-order valence-electron chi connectivity index (χ0n) is 14.4. The Balaban J connectivity index is 1.95. The molecule has 0 aliphatic carbocycles. The minimum atomic E-state index is -3.19. The first kappa shape index (κ1) is 19.2. The first-order valence-corrected chi connectivity index (χ1v) is 10.2. The molecule has 2 N–H and O–H groups in total. The summed E-state index contributed by atoms with van der Waals surface area (Å²) in [5.74, 6) is 0.811. The minimum absolute atomic E-state index is 0.0590. The summed E-state index contributed by atoms with van der Waals surface area (Å²) in [5, 5.41) is 6.79. The third-order valence-electron chi connectivity index (χ3n) is 3.58. The molecule has 25 heavy (non-hydrogen) atoms. The van der Waals surface area contributed by atoms with Gasteiger partial charge in [0.2, 0.25) is 0 Å². The van der Waals surface area contributed by atoms with Crippen molar-refractivity contribution >= 4 is 32.9 Å². The van der Waals surface area contributed by atoms with Gasteiger partial charge in [-0.15, -0.1) is 0 Å². The van der Waals surface area contributed by atoms with E-state index in [0.29, 0.717) is 16.6 Å². The van der Waals surface area contributed by atoms with Crippen LogP contribution in [-0.4, -0.2) is 26.4 Å². The summed E-state index contributed by atoms with van der Waals surface area (Å²) < 4.78 is 28.4. The highest BCUT2D eigenvalue weighted by molar-refractivity contribution is 7.90. The molecule has 0 spiro atoms. The van der Waals surface area contributed by atoms with Crippen molar-refractivity contribution in [3.8, 4) is 5.75 Å². The van der Waals surface area contributed by atoms with Gasteiger partial charge in [-0.3, -0.25) is 0 Å². The molecule has 0 fully saturated rings. The predicted molar refractivity (Wildman–Crippen MR) is 105 cm³/mol. The predicted octanol–water partition coefficient (Wildman–Crippen LogP) is 3.54. The number of nitrogens with one attached hydrogen (secondary N) is 2. The topological polar surface area (TPSA) is 67.4 Å². The summed E-state index contributed by atoms with van der Waals surface area (Å²) in [6, 6.07) is 14.3. The number of benzene rings is 2. The lowest BCUT2D eigenvalue weighted by atomic mass is 10.1. The SMILES string of the molecule is CCOc1ccc(NC(=S)N[C@@H](C)c2ccc(S(C)(=O)=O)cc2)cc1. The van der Waals surface area contributed by atoms with Crippen molar-refractivity contribution in [2.45, 2.75) is 24.8 Å². The van der Waals surface area contributed by atoms with Gasteiger partial charge in [-0.1, -0.05) is 12.1 Å². The Morgan fingerprint density at radius 3 is 2.24 bits per heavy atom. The van der Waals surface area contributed by atoms with Crippen LogP contribution >= 0.6 is 12.2 Å². The molecule has 2 rings (SSSR count). The van der Waals surface area contributed by atoms with Crippen molar-refractivity contribution in [1.82, 2.24) is 5.32 Å². The van der Waals surface area contributed by atoms with Gasteiger partial charge < -0.3 is 15.4 Å². The molecule has 0 amide bonds. The fourth-order valence-corrected chi connectivity index (χ4v) is 3.18. The van der Waals surface area contributed by atoms with E-state index in [1.807, 2.05) is 38.1 Å². The van der Waals surface area contributed by atoms with E-state index in [1.165, 1.54) is 6.26 Å². The van der Waals surface area contributed by atoms with Crippen molar-refractivity contribution in [3.05, 3.63) is 54.1 Å². The molecule has 0 aromatic heterocycles. The average molecular weight is 379 g/mol. The summed E-state index contributed by atoms with van der Waals surface area (Å²) in [7, 11) is -3.19. The molecule has 5 nitrogen and oxygen atoms in total. The van der Waals surface area contributed by atoms with Crippen molar-refractivity contribution < 1.29 is 13.2 Å². The summed E-state index contributed by atoms with van der Waals surface area (Å²) >= 11 is 5.33. The molecule has 0 saturated carbocycles. The van der Waals surface area contributed by atoms with E-state index < -0.39 is 9.84 Å². The third-order valence-corrected chi connectivity index (χ3v) is 4.93. The maximum Gasteiger partial charge on any atom is 0.175 e. The Bertz CT molecular complexity index is 816. The highest BCUT2D eigenvalue weighted by Crippen LogP contribution is 2.18. The summed E-state index contributed by atoms with van der Waals surface area (Å²) in [6.07, 6.45) is 1.19. The van der Waals surface area contributed by atoms with E-state index >= 15 is 0 Å². The van der Waals surface area contributed by atoms with E-state index in [2.05, 4.69) is 10.6 Å². The largest absolute Gasteiger partial charge is 0.494 e. The average Bonchev–Trinajstić information content (AvgIpc) is 2.56. The lowest BCUT2D eigenvalue weighted by Crippen LogP contribution is -2.30. The van der Waals surface area contributed by atoms with Gasteiger partial charge in [0.25, 0.3) is 0 Å². The first-order valence-electron chi connectivity index (χ1n) is 7.90. The Labute approximate surface area is 154 Å². The van der Waals surface area contributed by atoms with E-state index in [9.17, 15) is 8.42 Å². The van der Waals surface area contributed by atoms with E-state index in [-0.39, 0.29) is 6.04 Å². The normalized spacial score (nSPS) is 12.3. The summed E-state index contributed by atoms with van der Waals surface area (Å²) in [6.45, 7) is 4.53. The molecular formula is C18H22N2O3S2. The second-order valence-corrected chi connectivity index (χ2v) is 8.04. The highest BCUT2D eigenvalue weighted by Gasteiger charge is 2.10. The zero-order chi connectivity index (χ0) is 18.4. The number of thiocarbonyl (C=S) groups is 1. The monoisotopic (exact) mass is 378 g/mol. The molecule has 0 bridgehead atoms. The summed E-state index contributed by atoms with van der Waals surface area (Å²) in [4.78, 5) is 0.304. The maximum atomic E-state index is 11.5. The molecule has 134 valence electrons. The fraction of sp³-hybridized carbons (Fsp3) is 0.278. The van der Waals surface area contributed by atoms with Crippen LogP contribution in [0.4, 0.5) is 5.69 Å². The number of hydrogen-bond donors (Lipinski definition) is 2. The van der Waals surface area contributed by atoms with Crippen LogP contribution in [0.5, 0.6) is 5.75 Å². The van der Waals surface area contributed by atoms with Crippen molar-refractivity contribution in [3.63, 3.8) is 0 Å². The van der Waals surface area contributed by atoms with Crippen LogP contribution in [-0.2, 0) is 9.84 Å². The number of rotatable bonds is 6. The molecule has 0 heterocycles. The molecule has 0 aliphatic heterocycles. The lowest BCUT2D eigenvalue weighted by Gasteiger charge is -2.18. The highest BCUT2D eigenvalue weighted by atomic mass is 32.2. The molecule has 0 unspecified atom stereocenters. The maximum absolute atomic E-state index is 11.5. The van der Waals surface area contributed by atoms with Gasteiger partial charge in [-0.05, 0) is 68.0 Å². The molecule has 2 aromatic carbocycles. The quantitative estimate of drug-likeness (QED) is 0.750. The van der Waals surface area contributed by atoms with Gasteiger partial charge in [-0.2, -0.15) is 0 Å². The molecule has 0 radical (unpaired) electrons. The Kier molecular flexibility index (Phi) is 6.39. The number of anilines is 1. The van der Waals surface area contributed by atoms with Gasteiger partial charge in [0.15, 0.2) is 14.9 Å². The molecular weight excluding hydrogens is 356 g/mol. The van der Waals surface area contributed by atoms with Crippen LogP contribution in [0.3, 0.4) is 0 Å². The fourth-order valence-electron chi connectivity index (χ4n) is 2.25. The lowest BCUT2D eigenvalue weighted by molar-refractivity contribution is 0.340. The van der Waals surface area contributed by atoms with Crippen LogP contribution in [0.1, 0.15) is 25.5 Å². The molecule has 2 aromatic rings. The Hall–Kier alpha value is -2.12. The van der Waals surface area contributed by atoms with Crippen molar-refractivity contribution in [1.29, 1.82) is 0 Å². The number of ether oxygens (including phenoxy) is 1. The van der Waals surface area contributed by atoms with E-state index in [4.69, 9.17) is 17.0 Å².